The zero-order valence-electron chi connectivity index (χ0n) is 5.42. The van der Waals surface area contributed by atoms with E-state index >= 15 is 0 Å². The van der Waals surface area contributed by atoms with Crippen molar-refractivity contribution in [2.75, 3.05) is 6.16 Å². The molecular weight excluding hydrogens is 135 g/mol. The first-order valence-electron chi connectivity index (χ1n) is 2.78. The lowest BCUT2D eigenvalue weighted by Gasteiger charge is -1.89. The van der Waals surface area contributed by atoms with Crippen molar-refractivity contribution in [3.63, 3.8) is 0 Å². The predicted octanol–water partition coefficient (Wildman–Crippen LogP) is 1.28. The Bertz CT molecular complexity index is 129. The van der Waals surface area contributed by atoms with E-state index in [9.17, 15) is 4.79 Å². The van der Waals surface area contributed by atoms with Crippen molar-refractivity contribution in [3.8, 4) is 0 Å². The molecule has 0 radical (unpaired) electrons. The number of carboxylic acids is 1. The van der Waals surface area contributed by atoms with E-state index < -0.39 is 5.97 Å². The van der Waals surface area contributed by atoms with Crippen LogP contribution in [0.5, 0.6) is 0 Å². The molecule has 0 aromatic rings. The molecule has 0 saturated heterocycles. The predicted molar refractivity (Wildman–Crippen MR) is 40.6 cm³/mol. The number of hydrogen-bond acceptors (Lipinski definition) is 1. The van der Waals surface area contributed by atoms with Gasteiger partial charge in [-0.1, -0.05) is 6.08 Å². The van der Waals surface area contributed by atoms with E-state index in [0.29, 0.717) is 5.57 Å². The Balaban J connectivity index is 3.69. The molecule has 2 nitrogen and oxygen atoms in total. The minimum absolute atomic E-state index is 0.428. The quantitative estimate of drug-likeness (QED) is 0.481. The zero-order valence-corrected chi connectivity index (χ0v) is 6.58. The van der Waals surface area contributed by atoms with Gasteiger partial charge in [0.15, 0.2) is 0 Å². The molecule has 1 N–H and O–H groups in total. The van der Waals surface area contributed by atoms with Crippen molar-refractivity contribution >= 4 is 15.2 Å². The highest BCUT2D eigenvalue weighted by Crippen LogP contribution is 1.96. The molecule has 3 heteroatoms. The third-order valence-electron chi connectivity index (χ3n) is 0.955. The lowest BCUT2D eigenvalue weighted by Crippen LogP contribution is -1.95. The fraction of sp³-hybridized carbons (Fsp3) is 0.500. The topological polar surface area (TPSA) is 37.3 Å². The van der Waals surface area contributed by atoms with Crippen LogP contribution in [0.3, 0.4) is 0 Å². The maximum absolute atomic E-state index is 10.1. The first kappa shape index (κ1) is 8.64. The van der Waals surface area contributed by atoms with Gasteiger partial charge in [-0.25, -0.2) is 4.79 Å². The van der Waals surface area contributed by atoms with Gasteiger partial charge in [0, 0.05) is 5.57 Å². The molecule has 0 heterocycles. The number of rotatable bonds is 3. The second-order valence-corrected chi connectivity index (χ2v) is 2.35. The van der Waals surface area contributed by atoms with Crippen molar-refractivity contribution in [1.82, 2.24) is 0 Å². The van der Waals surface area contributed by atoms with E-state index in [2.05, 4.69) is 9.24 Å². The van der Waals surface area contributed by atoms with E-state index in [4.69, 9.17) is 5.11 Å². The molecule has 0 saturated carbocycles. The van der Waals surface area contributed by atoms with Gasteiger partial charge >= 0.3 is 5.97 Å². The minimum atomic E-state index is -0.826. The molecule has 0 amide bonds. The summed E-state index contributed by atoms with van der Waals surface area (Å²) in [5.41, 5.74) is 0.428. The molecular formula is C6H11O2P. The summed E-state index contributed by atoms with van der Waals surface area (Å²) in [5.74, 6) is -0.826. The van der Waals surface area contributed by atoms with Crippen LogP contribution < -0.4 is 0 Å². The lowest BCUT2D eigenvalue weighted by molar-refractivity contribution is -0.132. The van der Waals surface area contributed by atoms with Crippen LogP contribution in [0.15, 0.2) is 11.6 Å². The summed E-state index contributed by atoms with van der Waals surface area (Å²) in [6.07, 6.45) is 3.46. The van der Waals surface area contributed by atoms with Crippen molar-refractivity contribution in [3.05, 3.63) is 11.6 Å². The Kier molecular flexibility index (Phi) is 4.33. The van der Waals surface area contributed by atoms with E-state index in [1.54, 1.807) is 13.0 Å². The molecule has 0 aliphatic carbocycles. The van der Waals surface area contributed by atoms with Crippen LogP contribution in [0, 0.1) is 0 Å². The monoisotopic (exact) mass is 146 g/mol. The van der Waals surface area contributed by atoms with Crippen molar-refractivity contribution in [1.29, 1.82) is 0 Å². The van der Waals surface area contributed by atoms with Crippen LogP contribution in [0.25, 0.3) is 0 Å². The Morgan fingerprint density at radius 1 is 1.78 bits per heavy atom. The van der Waals surface area contributed by atoms with Crippen LogP contribution in [0.2, 0.25) is 0 Å². The maximum Gasteiger partial charge on any atom is 0.330 e. The molecule has 0 rings (SSSR count). The summed E-state index contributed by atoms with van der Waals surface area (Å²) in [5, 5.41) is 8.33. The first-order valence-corrected chi connectivity index (χ1v) is 3.60. The van der Waals surface area contributed by atoms with Gasteiger partial charge in [-0.2, -0.15) is 0 Å². The van der Waals surface area contributed by atoms with Gasteiger partial charge < -0.3 is 5.11 Å². The van der Waals surface area contributed by atoms with E-state index in [1.807, 2.05) is 0 Å². The van der Waals surface area contributed by atoms with Gasteiger partial charge in [0.25, 0.3) is 0 Å². The third-order valence-corrected chi connectivity index (χ3v) is 1.29. The fourth-order valence-corrected chi connectivity index (χ4v) is 0.554. The normalized spacial score (nSPS) is 11.6. The van der Waals surface area contributed by atoms with Crippen LogP contribution >= 0.6 is 9.24 Å². The van der Waals surface area contributed by atoms with Crippen LogP contribution in [-0.2, 0) is 4.79 Å². The lowest BCUT2D eigenvalue weighted by atomic mass is 10.2. The van der Waals surface area contributed by atoms with Crippen molar-refractivity contribution in [2.45, 2.75) is 13.3 Å². The molecule has 1 unspecified atom stereocenters. The molecule has 0 fully saturated rings. The number of allylic oxidation sites excluding steroid dienone is 1. The maximum atomic E-state index is 10.1. The summed E-state index contributed by atoms with van der Waals surface area (Å²) >= 11 is 0. The Morgan fingerprint density at radius 3 is 2.67 bits per heavy atom. The van der Waals surface area contributed by atoms with E-state index in [1.165, 1.54) is 0 Å². The molecule has 0 aliphatic heterocycles. The number of carbonyl (C=O) groups is 1. The third kappa shape index (κ3) is 4.16. The SMILES string of the molecule is CC(=CCCP)C(=O)O. The summed E-state index contributed by atoms with van der Waals surface area (Å²) in [6.45, 7) is 1.60. The summed E-state index contributed by atoms with van der Waals surface area (Å²) in [7, 11) is 2.54. The average molecular weight is 146 g/mol. The van der Waals surface area contributed by atoms with Crippen LogP contribution in [0.1, 0.15) is 13.3 Å². The summed E-state index contributed by atoms with van der Waals surface area (Å²) in [4.78, 5) is 10.1. The largest absolute Gasteiger partial charge is 0.478 e. The van der Waals surface area contributed by atoms with Gasteiger partial charge in [-0.15, -0.1) is 9.24 Å². The Morgan fingerprint density at radius 2 is 2.33 bits per heavy atom. The molecule has 0 bridgehead atoms. The van der Waals surface area contributed by atoms with Crippen molar-refractivity contribution in [2.24, 2.45) is 0 Å². The van der Waals surface area contributed by atoms with Gasteiger partial charge in [0.1, 0.15) is 0 Å². The molecule has 0 aromatic heterocycles. The number of carboxylic acid groups (broad SMARTS) is 1. The zero-order chi connectivity index (χ0) is 7.28. The molecule has 52 valence electrons. The van der Waals surface area contributed by atoms with Crippen molar-refractivity contribution < 1.29 is 9.90 Å². The second-order valence-electron chi connectivity index (χ2n) is 1.77. The van der Waals surface area contributed by atoms with E-state index in [0.717, 1.165) is 12.6 Å². The minimum Gasteiger partial charge on any atom is -0.478 e. The fourth-order valence-electron chi connectivity index (χ4n) is 0.387. The molecule has 1 atom stereocenters. The van der Waals surface area contributed by atoms with Gasteiger partial charge in [-0.3, -0.25) is 0 Å². The van der Waals surface area contributed by atoms with E-state index in [-0.39, 0.29) is 0 Å². The highest BCUT2D eigenvalue weighted by Gasteiger charge is 1.95. The highest BCUT2D eigenvalue weighted by molar-refractivity contribution is 7.16. The smallest absolute Gasteiger partial charge is 0.330 e. The number of aliphatic carboxylic acids is 1. The van der Waals surface area contributed by atoms with Crippen LogP contribution in [0.4, 0.5) is 0 Å². The number of hydrogen-bond donors (Lipinski definition) is 1. The van der Waals surface area contributed by atoms with Gasteiger partial charge in [0.2, 0.25) is 0 Å². The highest BCUT2D eigenvalue weighted by atomic mass is 31.0. The average Bonchev–Trinajstić information content (AvgIpc) is 1.82. The molecule has 0 spiro atoms. The molecule has 0 aliphatic rings. The second kappa shape index (κ2) is 4.51. The molecule has 9 heavy (non-hydrogen) atoms. The summed E-state index contributed by atoms with van der Waals surface area (Å²) in [6, 6.07) is 0. The Labute approximate surface area is 57.2 Å². The van der Waals surface area contributed by atoms with Gasteiger partial charge in [-0.05, 0) is 19.5 Å². The molecule has 0 aromatic carbocycles. The summed E-state index contributed by atoms with van der Waals surface area (Å²) < 4.78 is 0. The standard InChI is InChI=1S/C6H11O2P/c1-5(6(7)8)3-2-4-9/h3H,2,4,9H2,1H3,(H,7,8). The van der Waals surface area contributed by atoms with Gasteiger partial charge in [0.05, 0.1) is 0 Å². The first-order chi connectivity index (χ1) is 4.18. The Hall–Kier alpha value is -0.360. The van der Waals surface area contributed by atoms with Crippen LogP contribution in [-0.4, -0.2) is 17.2 Å².